The number of carbonyl (C=O) groups excluding carboxylic acids is 1. The average molecular weight is 405 g/mol. The Bertz CT molecular complexity index is 856. The fourth-order valence-corrected chi connectivity index (χ4v) is 4.32. The molecule has 0 aliphatic heterocycles. The minimum Gasteiger partial charge on any atom is -0.354 e. The summed E-state index contributed by atoms with van der Waals surface area (Å²) in [5, 5.41) is 4.48. The summed E-state index contributed by atoms with van der Waals surface area (Å²) in [5.74, 6) is -0.700. The van der Waals surface area contributed by atoms with E-state index < -0.39 is 32.2 Å². The topological polar surface area (TPSA) is 63.2 Å². The summed E-state index contributed by atoms with van der Waals surface area (Å²) in [6.07, 6.45) is -3.99. The van der Waals surface area contributed by atoms with Crippen molar-refractivity contribution in [3.63, 3.8) is 0 Å². The minimum absolute atomic E-state index is 0.269. The molecule has 26 heavy (non-hydrogen) atoms. The maximum Gasteiger partial charge on any atom is 0.416 e. The summed E-state index contributed by atoms with van der Waals surface area (Å²) in [4.78, 5) is 13.1. The van der Waals surface area contributed by atoms with Crippen molar-refractivity contribution >= 4 is 27.1 Å². The van der Waals surface area contributed by atoms with Crippen molar-refractivity contribution < 1.29 is 26.4 Å². The second kappa shape index (κ2) is 7.40. The monoisotopic (exact) mass is 405 g/mol. The van der Waals surface area contributed by atoms with Crippen LogP contribution in [0.1, 0.15) is 24.3 Å². The SMILES string of the molecule is CC(C)(C(=O)NCCc1cccs1)S(=O)(=O)c1ccc(C(F)(F)F)cc1. The highest BCUT2D eigenvalue weighted by atomic mass is 32.2. The molecule has 1 N–H and O–H groups in total. The summed E-state index contributed by atoms with van der Waals surface area (Å²) in [5.41, 5.74) is -0.949. The first-order valence-corrected chi connectivity index (χ1v) is 10.0. The molecule has 0 spiro atoms. The Kier molecular flexibility index (Phi) is 5.82. The fourth-order valence-electron chi connectivity index (χ4n) is 2.21. The predicted molar refractivity (Wildman–Crippen MR) is 93.7 cm³/mol. The van der Waals surface area contributed by atoms with E-state index in [1.165, 1.54) is 25.2 Å². The van der Waals surface area contributed by atoms with E-state index in [0.717, 1.165) is 17.0 Å². The molecule has 1 aromatic heterocycles. The molecule has 2 rings (SSSR count). The van der Waals surface area contributed by atoms with Gasteiger partial charge in [0.05, 0.1) is 10.5 Å². The molecule has 0 unspecified atom stereocenters. The zero-order chi connectivity index (χ0) is 19.6. The Morgan fingerprint density at radius 1 is 1.12 bits per heavy atom. The number of amides is 1. The van der Waals surface area contributed by atoms with Crippen LogP contribution in [0.15, 0.2) is 46.7 Å². The Balaban J connectivity index is 2.13. The number of rotatable bonds is 6. The number of hydrogen-bond donors (Lipinski definition) is 1. The van der Waals surface area contributed by atoms with E-state index in [0.29, 0.717) is 18.6 Å². The number of sulfone groups is 1. The Hall–Kier alpha value is -1.87. The molecule has 1 amide bonds. The van der Waals surface area contributed by atoms with Crippen LogP contribution in [0, 0.1) is 0 Å². The van der Waals surface area contributed by atoms with Gasteiger partial charge in [-0.1, -0.05) is 6.07 Å². The molecule has 0 atom stereocenters. The van der Waals surface area contributed by atoms with Gasteiger partial charge < -0.3 is 5.32 Å². The van der Waals surface area contributed by atoms with Crippen molar-refractivity contribution in [2.45, 2.75) is 36.1 Å². The first kappa shape index (κ1) is 20.4. The van der Waals surface area contributed by atoms with E-state index in [9.17, 15) is 26.4 Å². The van der Waals surface area contributed by atoms with Gasteiger partial charge in [0, 0.05) is 11.4 Å². The largest absolute Gasteiger partial charge is 0.416 e. The van der Waals surface area contributed by atoms with Gasteiger partial charge in [0.2, 0.25) is 5.91 Å². The highest BCUT2D eigenvalue weighted by Crippen LogP contribution is 2.32. The van der Waals surface area contributed by atoms with E-state index >= 15 is 0 Å². The molecule has 0 saturated heterocycles. The fraction of sp³-hybridized carbons (Fsp3) is 0.353. The summed E-state index contributed by atoms with van der Waals surface area (Å²) in [6, 6.07) is 6.91. The molecule has 9 heteroatoms. The lowest BCUT2D eigenvalue weighted by Crippen LogP contribution is -2.48. The predicted octanol–water partition coefficient (Wildman–Crippen LogP) is 3.68. The molecule has 4 nitrogen and oxygen atoms in total. The van der Waals surface area contributed by atoms with Gasteiger partial charge in [0.15, 0.2) is 9.84 Å². The lowest BCUT2D eigenvalue weighted by molar-refractivity contribution is -0.137. The maximum absolute atomic E-state index is 12.7. The van der Waals surface area contributed by atoms with E-state index in [1.807, 2.05) is 17.5 Å². The Morgan fingerprint density at radius 2 is 1.73 bits per heavy atom. The molecule has 0 aliphatic rings. The average Bonchev–Trinajstić information content (AvgIpc) is 3.07. The molecule has 0 fully saturated rings. The van der Waals surface area contributed by atoms with Crippen molar-refractivity contribution in [1.29, 1.82) is 0 Å². The number of alkyl halides is 3. The number of benzene rings is 1. The zero-order valence-electron chi connectivity index (χ0n) is 14.1. The second-order valence-corrected chi connectivity index (χ2v) is 9.65. The van der Waals surface area contributed by atoms with Gasteiger partial charge in [-0.25, -0.2) is 8.42 Å². The van der Waals surface area contributed by atoms with Crippen LogP contribution in [-0.4, -0.2) is 25.6 Å². The van der Waals surface area contributed by atoms with Gasteiger partial charge >= 0.3 is 6.18 Å². The van der Waals surface area contributed by atoms with Crippen LogP contribution in [0.5, 0.6) is 0 Å². The standard InChI is InChI=1S/C17H18F3NO3S2/c1-16(2,15(22)21-10-9-13-4-3-11-25-13)26(23,24)14-7-5-12(6-8-14)17(18,19)20/h3-8,11H,9-10H2,1-2H3,(H,21,22). The number of carbonyl (C=O) groups is 1. The van der Waals surface area contributed by atoms with Crippen LogP contribution in [0.2, 0.25) is 0 Å². The van der Waals surface area contributed by atoms with E-state index in [-0.39, 0.29) is 11.4 Å². The zero-order valence-corrected chi connectivity index (χ0v) is 15.8. The molecule has 0 aliphatic carbocycles. The van der Waals surface area contributed by atoms with Crippen molar-refractivity contribution in [3.8, 4) is 0 Å². The first-order valence-electron chi connectivity index (χ1n) is 7.69. The molecule has 1 heterocycles. The van der Waals surface area contributed by atoms with Gasteiger partial charge in [-0.3, -0.25) is 4.79 Å². The molecule has 142 valence electrons. The lowest BCUT2D eigenvalue weighted by atomic mass is 10.2. The van der Waals surface area contributed by atoms with Crippen LogP contribution in [-0.2, 0) is 27.2 Å². The smallest absolute Gasteiger partial charge is 0.354 e. The summed E-state index contributed by atoms with van der Waals surface area (Å²) in [7, 11) is -4.16. The molecule has 1 aromatic carbocycles. The normalized spacial score (nSPS) is 12.8. The van der Waals surface area contributed by atoms with Crippen molar-refractivity contribution in [2.24, 2.45) is 0 Å². The number of nitrogens with one attached hydrogen (secondary N) is 1. The third-order valence-electron chi connectivity index (χ3n) is 3.95. The molecular weight excluding hydrogens is 387 g/mol. The van der Waals surface area contributed by atoms with Crippen molar-refractivity contribution in [1.82, 2.24) is 5.32 Å². The number of halogens is 3. The molecule has 0 radical (unpaired) electrons. The number of thiophene rings is 1. The first-order chi connectivity index (χ1) is 12.0. The van der Waals surface area contributed by atoms with Gasteiger partial charge in [-0.15, -0.1) is 11.3 Å². The van der Waals surface area contributed by atoms with Crippen molar-refractivity contribution in [2.75, 3.05) is 6.54 Å². The minimum atomic E-state index is -4.56. The van der Waals surface area contributed by atoms with Crippen molar-refractivity contribution in [3.05, 3.63) is 52.2 Å². The van der Waals surface area contributed by atoms with Gasteiger partial charge in [0.25, 0.3) is 0 Å². The summed E-state index contributed by atoms with van der Waals surface area (Å²) in [6.45, 7) is 2.74. The maximum atomic E-state index is 12.7. The summed E-state index contributed by atoms with van der Waals surface area (Å²) >= 11 is 1.53. The lowest BCUT2D eigenvalue weighted by Gasteiger charge is -2.24. The van der Waals surface area contributed by atoms with Gasteiger partial charge in [-0.2, -0.15) is 13.2 Å². The van der Waals surface area contributed by atoms with Crippen LogP contribution in [0.4, 0.5) is 13.2 Å². The van der Waals surface area contributed by atoms with Crippen LogP contribution in [0.3, 0.4) is 0 Å². The third kappa shape index (κ3) is 4.27. The summed E-state index contributed by atoms with van der Waals surface area (Å²) < 4.78 is 61.5. The van der Waals surface area contributed by atoms with Crippen LogP contribution >= 0.6 is 11.3 Å². The molecular formula is C17H18F3NO3S2. The van der Waals surface area contributed by atoms with Crippen LogP contribution in [0.25, 0.3) is 0 Å². The van der Waals surface area contributed by atoms with Crippen LogP contribution < -0.4 is 5.32 Å². The molecule has 0 saturated carbocycles. The van der Waals surface area contributed by atoms with E-state index in [1.54, 1.807) is 0 Å². The molecule has 0 bridgehead atoms. The molecule has 2 aromatic rings. The highest BCUT2D eigenvalue weighted by Gasteiger charge is 2.43. The third-order valence-corrected chi connectivity index (χ3v) is 7.31. The highest BCUT2D eigenvalue weighted by molar-refractivity contribution is 7.93. The Labute approximate surface area is 154 Å². The quantitative estimate of drug-likeness (QED) is 0.798. The Morgan fingerprint density at radius 3 is 2.23 bits per heavy atom. The van der Waals surface area contributed by atoms with Gasteiger partial charge in [0.1, 0.15) is 4.75 Å². The second-order valence-electron chi connectivity index (χ2n) is 6.12. The van der Waals surface area contributed by atoms with E-state index in [4.69, 9.17) is 0 Å². The number of hydrogen-bond acceptors (Lipinski definition) is 4. The van der Waals surface area contributed by atoms with Gasteiger partial charge in [-0.05, 0) is 56.0 Å². The van der Waals surface area contributed by atoms with E-state index in [2.05, 4.69) is 5.32 Å².